The van der Waals surface area contributed by atoms with E-state index < -0.39 is 6.75 Å². The molecule has 1 heterocycles. The molecule has 1 rings (SSSR count). The summed E-state index contributed by atoms with van der Waals surface area (Å²) < 4.78 is 19.9. The molecule has 20 heavy (non-hydrogen) atoms. The first-order valence-corrected chi connectivity index (χ1v) is 6.91. The van der Waals surface area contributed by atoms with Crippen LogP contribution in [0.2, 0.25) is 0 Å². The minimum atomic E-state index is -2.05. The van der Waals surface area contributed by atoms with Gasteiger partial charge in [-0.25, -0.2) is 0 Å². The second-order valence-electron chi connectivity index (χ2n) is 5.59. The molecule has 1 aromatic rings. The van der Waals surface area contributed by atoms with E-state index in [-0.39, 0.29) is 37.2 Å². The van der Waals surface area contributed by atoms with Gasteiger partial charge in [0.15, 0.2) is 0 Å². The van der Waals surface area contributed by atoms with Crippen LogP contribution in [-0.4, -0.2) is 34.6 Å². The Kier molecular flexibility index (Phi) is 8.16. The van der Waals surface area contributed by atoms with Gasteiger partial charge in [0.2, 0.25) is 0 Å². The quantitative estimate of drug-likeness (QED) is 0.590. The van der Waals surface area contributed by atoms with Crippen molar-refractivity contribution in [2.24, 2.45) is 7.05 Å². The van der Waals surface area contributed by atoms with E-state index in [4.69, 9.17) is 14.0 Å². The monoisotopic (exact) mass is 276 g/mol. The standard InChI is InChI=1S/C13H26BN2O3.Li/c1-10(2)17-14(18-11(3)4,19-12(5)6)13-15-8-9-16(13)7;/h8-12H,1-7H3;/q-1;+1. The first-order chi connectivity index (χ1) is 8.77. The van der Waals surface area contributed by atoms with Crippen LogP contribution in [0.15, 0.2) is 12.4 Å². The molecule has 110 valence electrons. The molecule has 0 fully saturated rings. The van der Waals surface area contributed by atoms with Crippen molar-refractivity contribution in [3.63, 3.8) is 0 Å². The molecule has 0 atom stereocenters. The Bertz CT molecular complexity index is 370. The number of imidazole rings is 1. The van der Waals surface area contributed by atoms with Gasteiger partial charge in [-0.05, 0) is 41.5 Å². The Morgan fingerprint density at radius 1 is 0.950 bits per heavy atom. The normalized spacial score (nSPS) is 12.3. The van der Waals surface area contributed by atoms with E-state index in [0.717, 1.165) is 0 Å². The fourth-order valence-corrected chi connectivity index (χ4v) is 2.07. The van der Waals surface area contributed by atoms with Crippen LogP contribution < -0.4 is 24.6 Å². The molecular weight excluding hydrogens is 250 g/mol. The van der Waals surface area contributed by atoms with Crippen LogP contribution in [0.25, 0.3) is 0 Å². The minimum absolute atomic E-state index is 0. The van der Waals surface area contributed by atoms with Crippen molar-refractivity contribution in [1.82, 2.24) is 9.55 Å². The third-order valence-electron chi connectivity index (χ3n) is 2.53. The summed E-state index contributed by atoms with van der Waals surface area (Å²) >= 11 is 0. The van der Waals surface area contributed by atoms with E-state index in [0.29, 0.717) is 5.72 Å². The van der Waals surface area contributed by atoms with Crippen LogP contribution in [-0.2, 0) is 21.0 Å². The number of aryl methyl sites for hydroxylation is 1. The third-order valence-corrected chi connectivity index (χ3v) is 2.53. The number of rotatable bonds is 7. The average Bonchev–Trinajstić information content (AvgIpc) is 2.61. The maximum Gasteiger partial charge on any atom is 1.00 e. The van der Waals surface area contributed by atoms with Crippen molar-refractivity contribution in [1.29, 1.82) is 0 Å². The molecule has 0 aliphatic heterocycles. The molecule has 0 aliphatic rings. The molecular formula is C13H26BLiN2O3. The molecule has 0 N–H and O–H groups in total. The van der Waals surface area contributed by atoms with E-state index in [2.05, 4.69) is 4.98 Å². The molecule has 1 aromatic heterocycles. The van der Waals surface area contributed by atoms with Gasteiger partial charge in [-0.1, -0.05) is 0 Å². The molecule has 0 bridgehead atoms. The summed E-state index contributed by atoms with van der Waals surface area (Å²) in [4.78, 5) is 4.36. The van der Waals surface area contributed by atoms with Gasteiger partial charge in [-0.2, -0.15) is 0 Å². The van der Waals surface area contributed by atoms with Gasteiger partial charge in [0, 0.05) is 43.5 Å². The van der Waals surface area contributed by atoms with Crippen LogP contribution in [0.4, 0.5) is 0 Å². The Morgan fingerprint density at radius 2 is 1.35 bits per heavy atom. The fraction of sp³-hybridized carbons (Fsp3) is 0.769. The van der Waals surface area contributed by atoms with Crippen LogP contribution in [0.3, 0.4) is 0 Å². The molecule has 5 nitrogen and oxygen atoms in total. The van der Waals surface area contributed by atoms with Gasteiger partial charge >= 0.3 is 25.6 Å². The fourth-order valence-electron chi connectivity index (χ4n) is 2.07. The van der Waals surface area contributed by atoms with Gasteiger partial charge in [-0.3, -0.25) is 4.98 Å². The zero-order valence-electron chi connectivity index (χ0n) is 14.1. The average molecular weight is 276 g/mol. The van der Waals surface area contributed by atoms with Gasteiger partial charge < -0.3 is 18.5 Å². The van der Waals surface area contributed by atoms with E-state index in [9.17, 15) is 0 Å². The minimum Gasteiger partial charge on any atom is -0.537 e. The molecule has 0 radical (unpaired) electrons. The largest absolute Gasteiger partial charge is 1.00 e. The van der Waals surface area contributed by atoms with Crippen molar-refractivity contribution in [2.45, 2.75) is 59.9 Å². The summed E-state index contributed by atoms with van der Waals surface area (Å²) in [6.07, 6.45) is 3.53. The van der Waals surface area contributed by atoms with Crippen molar-refractivity contribution < 1.29 is 32.8 Å². The number of aromatic nitrogens is 2. The van der Waals surface area contributed by atoms with E-state index >= 15 is 0 Å². The molecule has 0 spiro atoms. The van der Waals surface area contributed by atoms with Gasteiger partial charge in [-0.15, -0.1) is 0 Å². The van der Waals surface area contributed by atoms with Gasteiger partial charge in [0.1, 0.15) is 0 Å². The van der Waals surface area contributed by atoms with Crippen molar-refractivity contribution in [3.8, 4) is 0 Å². The van der Waals surface area contributed by atoms with Crippen LogP contribution in [0.5, 0.6) is 0 Å². The molecule has 0 aromatic carbocycles. The molecule has 7 heteroatoms. The summed E-state index contributed by atoms with van der Waals surface area (Å²) in [5.74, 6) is 0. The first kappa shape index (κ1) is 19.8. The molecule has 0 unspecified atom stereocenters. The first-order valence-electron chi connectivity index (χ1n) is 6.91. The molecule has 0 aliphatic carbocycles. The number of nitrogens with zero attached hydrogens (tertiary/aromatic N) is 2. The summed E-state index contributed by atoms with van der Waals surface area (Å²) in [6, 6.07) is 0. The summed E-state index contributed by atoms with van der Waals surface area (Å²) in [5.41, 5.74) is 0.677. The number of hydrogen-bond donors (Lipinski definition) is 0. The third kappa shape index (κ3) is 5.27. The smallest absolute Gasteiger partial charge is 0.537 e. The van der Waals surface area contributed by atoms with Crippen molar-refractivity contribution in [2.75, 3.05) is 0 Å². The second-order valence-corrected chi connectivity index (χ2v) is 5.59. The van der Waals surface area contributed by atoms with E-state index in [1.807, 2.05) is 59.4 Å². The Morgan fingerprint density at radius 3 is 1.60 bits per heavy atom. The zero-order valence-corrected chi connectivity index (χ0v) is 14.1. The molecule has 0 saturated carbocycles. The van der Waals surface area contributed by atoms with Crippen LogP contribution in [0, 0.1) is 0 Å². The topological polar surface area (TPSA) is 45.5 Å². The van der Waals surface area contributed by atoms with E-state index in [1.165, 1.54) is 0 Å². The predicted octanol–water partition coefficient (Wildman–Crippen LogP) is -1.15. The maximum absolute atomic E-state index is 6.02. The maximum atomic E-state index is 6.02. The summed E-state index contributed by atoms with van der Waals surface area (Å²) in [7, 11) is 1.91. The summed E-state index contributed by atoms with van der Waals surface area (Å²) in [5, 5.41) is 0. The van der Waals surface area contributed by atoms with Gasteiger partial charge in [0.25, 0.3) is 0 Å². The Balaban J connectivity index is 0.00000361. The van der Waals surface area contributed by atoms with E-state index in [1.54, 1.807) is 6.20 Å². The molecule has 0 saturated heterocycles. The Hall–Kier alpha value is -0.248. The number of hydrogen-bond acceptors (Lipinski definition) is 4. The van der Waals surface area contributed by atoms with Crippen LogP contribution in [0.1, 0.15) is 41.5 Å². The van der Waals surface area contributed by atoms with Crippen LogP contribution >= 0.6 is 0 Å². The predicted molar refractivity (Wildman–Crippen MR) is 77.3 cm³/mol. The zero-order chi connectivity index (χ0) is 14.6. The Labute approximate surface area is 134 Å². The summed E-state index contributed by atoms with van der Waals surface area (Å²) in [6.45, 7) is 9.74. The van der Waals surface area contributed by atoms with Crippen molar-refractivity contribution in [3.05, 3.63) is 12.4 Å². The van der Waals surface area contributed by atoms with Crippen molar-refractivity contribution >= 4 is 12.5 Å². The van der Waals surface area contributed by atoms with Gasteiger partial charge in [0.05, 0.1) is 0 Å². The molecule has 0 amide bonds. The SMILES string of the molecule is CC(C)O[B-](OC(C)C)(OC(C)C)c1nccn1C.[Li+]. The second kappa shape index (κ2) is 8.26.